The fraction of sp³-hybridized carbons (Fsp3) is 0.292. The Hall–Kier alpha value is -2.87. The number of nitrogens with one attached hydrogen (secondary N) is 1. The standard InChI is InChI=1S/C24H24Cl2N4O3/c1-15-3-8-18(14-19(15)25)30-23(32)21(26)22(24(30)33)27-17-6-4-16(5-7-17)13-20(31)29-11-9-28(2)10-12-29/h3-8,14,27H,9-13H2,1-2H3. The first-order valence-corrected chi connectivity index (χ1v) is 11.4. The van der Waals surface area contributed by atoms with Crippen LogP contribution in [0.2, 0.25) is 5.02 Å². The van der Waals surface area contributed by atoms with Gasteiger partial charge in [-0.1, -0.05) is 41.4 Å². The molecule has 2 aliphatic rings. The number of rotatable bonds is 5. The van der Waals surface area contributed by atoms with Crippen LogP contribution >= 0.6 is 23.2 Å². The van der Waals surface area contributed by atoms with Crippen LogP contribution in [-0.2, 0) is 20.8 Å². The van der Waals surface area contributed by atoms with Gasteiger partial charge in [0.25, 0.3) is 11.8 Å². The summed E-state index contributed by atoms with van der Waals surface area (Å²) >= 11 is 12.4. The van der Waals surface area contributed by atoms with E-state index in [2.05, 4.69) is 10.2 Å². The van der Waals surface area contributed by atoms with E-state index in [9.17, 15) is 14.4 Å². The van der Waals surface area contributed by atoms with Crippen molar-refractivity contribution < 1.29 is 14.4 Å². The van der Waals surface area contributed by atoms with Crippen LogP contribution in [0.15, 0.2) is 53.2 Å². The molecule has 172 valence electrons. The second-order valence-corrected chi connectivity index (χ2v) is 9.04. The largest absolute Gasteiger partial charge is 0.350 e. The monoisotopic (exact) mass is 486 g/mol. The molecule has 9 heteroatoms. The maximum absolute atomic E-state index is 12.9. The Morgan fingerprint density at radius 1 is 0.970 bits per heavy atom. The fourth-order valence-corrected chi connectivity index (χ4v) is 4.15. The van der Waals surface area contributed by atoms with Crippen molar-refractivity contribution in [2.75, 3.05) is 43.4 Å². The number of hydrogen-bond acceptors (Lipinski definition) is 5. The van der Waals surface area contributed by atoms with Crippen LogP contribution in [0, 0.1) is 6.92 Å². The van der Waals surface area contributed by atoms with Crippen molar-refractivity contribution in [3.8, 4) is 0 Å². The number of likely N-dealkylation sites (N-methyl/N-ethyl adjacent to an activating group) is 1. The first kappa shape index (κ1) is 23.3. The minimum absolute atomic E-state index is 0.000345. The van der Waals surface area contributed by atoms with Gasteiger partial charge in [0.2, 0.25) is 5.91 Å². The average Bonchev–Trinajstić information content (AvgIpc) is 3.00. The third-order valence-electron chi connectivity index (χ3n) is 5.88. The van der Waals surface area contributed by atoms with E-state index in [1.165, 1.54) is 0 Å². The SMILES string of the molecule is Cc1ccc(N2C(=O)C(Cl)=C(Nc3ccc(CC(=O)N4CCN(C)CC4)cc3)C2=O)cc1Cl. The fourth-order valence-electron chi connectivity index (χ4n) is 3.76. The smallest absolute Gasteiger partial charge is 0.283 e. The van der Waals surface area contributed by atoms with Gasteiger partial charge in [-0.2, -0.15) is 0 Å². The number of carbonyl (C=O) groups is 3. The van der Waals surface area contributed by atoms with E-state index in [1.807, 2.05) is 31.0 Å². The Morgan fingerprint density at radius 3 is 2.27 bits per heavy atom. The third-order valence-corrected chi connectivity index (χ3v) is 6.63. The number of piperazine rings is 1. The summed E-state index contributed by atoms with van der Waals surface area (Å²) in [6.45, 7) is 5.06. The van der Waals surface area contributed by atoms with Crippen LogP contribution in [0.25, 0.3) is 0 Å². The van der Waals surface area contributed by atoms with E-state index in [0.717, 1.165) is 42.2 Å². The Kier molecular flexibility index (Phi) is 6.74. The minimum Gasteiger partial charge on any atom is -0.350 e. The second kappa shape index (κ2) is 9.55. The molecule has 0 aliphatic carbocycles. The first-order chi connectivity index (χ1) is 15.7. The van der Waals surface area contributed by atoms with Gasteiger partial charge < -0.3 is 15.1 Å². The van der Waals surface area contributed by atoms with Gasteiger partial charge in [-0.25, -0.2) is 4.90 Å². The van der Waals surface area contributed by atoms with E-state index >= 15 is 0 Å². The van der Waals surface area contributed by atoms with E-state index in [1.54, 1.807) is 30.3 Å². The molecular formula is C24H24Cl2N4O3. The van der Waals surface area contributed by atoms with E-state index in [0.29, 0.717) is 22.8 Å². The number of nitrogens with zero attached hydrogens (tertiary/aromatic N) is 3. The molecule has 0 radical (unpaired) electrons. The summed E-state index contributed by atoms with van der Waals surface area (Å²) in [5.41, 5.74) is 2.65. The van der Waals surface area contributed by atoms with Crippen molar-refractivity contribution in [3.63, 3.8) is 0 Å². The maximum Gasteiger partial charge on any atom is 0.283 e. The number of aryl methyl sites for hydroxylation is 1. The molecule has 3 amide bonds. The summed E-state index contributed by atoms with van der Waals surface area (Å²) in [5, 5.41) is 3.21. The van der Waals surface area contributed by atoms with Gasteiger partial charge in [-0.05, 0) is 49.4 Å². The molecule has 0 bridgehead atoms. The summed E-state index contributed by atoms with van der Waals surface area (Å²) in [6, 6.07) is 12.1. The highest BCUT2D eigenvalue weighted by atomic mass is 35.5. The van der Waals surface area contributed by atoms with Crippen molar-refractivity contribution in [1.29, 1.82) is 0 Å². The molecule has 33 heavy (non-hydrogen) atoms. The van der Waals surface area contributed by atoms with E-state index in [-0.39, 0.29) is 16.6 Å². The molecular weight excluding hydrogens is 463 g/mol. The lowest BCUT2D eigenvalue weighted by atomic mass is 10.1. The maximum atomic E-state index is 12.9. The average molecular weight is 487 g/mol. The second-order valence-electron chi connectivity index (χ2n) is 8.25. The molecule has 1 saturated heterocycles. The van der Waals surface area contributed by atoms with Gasteiger partial charge in [-0.15, -0.1) is 0 Å². The van der Waals surface area contributed by atoms with E-state index in [4.69, 9.17) is 23.2 Å². The van der Waals surface area contributed by atoms with Crippen molar-refractivity contribution >= 4 is 52.3 Å². The molecule has 2 aromatic rings. The zero-order valence-corrected chi connectivity index (χ0v) is 19.9. The molecule has 0 spiro atoms. The number of carbonyl (C=O) groups excluding carboxylic acids is 3. The number of amides is 3. The lowest BCUT2D eigenvalue weighted by Crippen LogP contribution is -2.47. The lowest BCUT2D eigenvalue weighted by Gasteiger charge is -2.32. The highest BCUT2D eigenvalue weighted by Crippen LogP contribution is 2.32. The van der Waals surface area contributed by atoms with Crippen molar-refractivity contribution in [2.45, 2.75) is 13.3 Å². The lowest BCUT2D eigenvalue weighted by molar-refractivity contribution is -0.132. The highest BCUT2D eigenvalue weighted by Gasteiger charge is 2.39. The van der Waals surface area contributed by atoms with Gasteiger partial charge >= 0.3 is 0 Å². The number of imide groups is 1. The molecule has 0 aromatic heterocycles. The Balaban J connectivity index is 1.43. The molecule has 2 aromatic carbocycles. The van der Waals surface area contributed by atoms with Crippen molar-refractivity contribution in [3.05, 3.63) is 69.3 Å². The number of anilines is 2. The highest BCUT2D eigenvalue weighted by molar-refractivity contribution is 6.53. The molecule has 0 atom stereocenters. The van der Waals surface area contributed by atoms with Gasteiger partial charge in [0.05, 0.1) is 12.1 Å². The molecule has 0 saturated carbocycles. The number of halogens is 2. The zero-order chi connectivity index (χ0) is 23.7. The molecule has 4 rings (SSSR count). The summed E-state index contributed by atoms with van der Waals surface area (Å²) in [5.74, 6) is -1.07. The van der Waals surface area contributed by atoms with Crippen LogP contribution in [0.5, 0.6) is 0 Å². The van der Waals surface area contributed by atoms with Gasteiger partial charge in [0.15, 0.2) is 0 Å². The predicted octanol–water partition coefficient (Wildman–Crippen LogP) is 3.40. The molecule has 1 N–H and O–H groups in total. The number of hydrogen-bond donors (Lipinski definition) is 1. The quantitative estimate of drug-likeness (QED) is 0.655. The minimum atomic E-state index is -0.613. The Morgan fingerprint density at radius 2 is 1.64 bits per heavy atom. The zero-order valence-electron chi connectivity index (χ0n) is 18.4. The topological polar surface area (TPSA) is 73.0 Å². The molecule has 1 fully saturated rings. The van der Waals surface area contributed by atoms with Gasteiger partial charge in [0, 0.05) is 36.9 Å². The third kappa shape index (κ3) is 4.90. The van der Waals surface area contributed by atoms with Crippen LogP contribution in [0.4, 0.5) is 11.4 Å². The predicted molar refractivity (Wildman–Crippen MR) is 129 cm³/mol. The van der Waals surface area contributed by atoms with Crippen LogP contribution in [0.1, 0.15) is 11.1 Å². The molecule has 2 aliphatic heterocycles. The molecule has 7 nitrogen and oxygen atoms in total. The summed E-state index contributed by atoms with van der Waals surface area (Å²) < 4.78 is 0. The van der Waals surface area contributed by atoms with Crippen LogP contribution < -0.4 is 10.2 Å². The van der Waals surface area contributed by atoms with Crippen molar-refractivity contribution in [2.24, 2.45) is 0 Å². The van der Waals surface area contributed by atoms with Gasteiger partial charge in [-0.3, -0.25) is 14.4 Å². The molecule has 0 unspecified atom stereocenters. The van der Waals surface area contributed by atoms with E-state index < -0.39 is 11.8 Å². The Labute approximate surface area is 202 Å². The summed E-state index contributed by atoms with van der Waals surface area (Å²) in [7, 11) is 2.05. The summed E-state index contributed by atoms with van der Waals surface area (Å²) in [4.78, 5) is 43.2. The van der Waals surface area contributed by atoms with Crippen LogP contribution in [-0.4, -0.2) is 60.7 Å². The summed E-state index contributed by atoms with van der Waals surface area (Å²) in [6.07, 6.45) is 0.312. The Bertz CT molecular complexity index is 1140. The number of benzene rings is 2. The first-order valence-electron chi connectivity index (χ1n) is 10.6. The van der Waals surface area contributed by atoms with Gasteiger partial charge in [0.1, 0.15) is 10.7 Å². The normalized spacial score (nSPS) is 17.2. The molecule has 2 heterocycles. The van der Waals surface area contributed by atoms with Crippen LogP contribution in [0.3, 0.4) is 0 Å². The van der Waals surface area contributed by atoms with Crippen molar-refractivity contribution in [1.82, 2.24) is 9.80 Å².